The Morgan fingerprint density at radius 2 is 2.09 bits per heavy atom. The fourth-order valence-corrected chi connectivity index (χ4v) is 2.69. The summed E-state index contributed by atoms with van der Waals surface area (Å²) in [5.41, 5.74) is 7.04. The van der Waals surface area contributed by atoms with Gasteiger partial charge in [0.25, 0.3) is 0 Å². The fraction of sp³-hybridized carbons (Fsp3) is 0.588. The smallest absolute Gasteiger partial charge is 0.231 e. The van der Waals surface area contributed by atoms with E-state index in [1.807, 2.05) is 12.1 Å². The van der Waals surface area contributed by atoms with E-state index in [9.17, 15) is 0 Å². The van der Waals surface area contributed by atoms with E-state index in [-0.39, 0.29) is 5.41 Å². The SMILES string of the molecule is CC(C)(CN=C(N)NCC1CCC1)c1ccc2c(c1)OCO2. The normalized spacial score (nSPS) is 18.2. The van der Waals surface area contributed by atoms with Crippen molar-refractivity contribution in [3.8, 4) is 11.5 Å². The van der Waals surface area contributed by atoms with Gasteiger partial charge < -0.3 is 20.5 Å². The standard InChI is InChI=1S/C17H25N3O2/c1-17(2,10-20-16(18)19-9-12-4-3-5-12)13-6-7-14-15(8-13)22-11-21-14/h6-8,12H,3-5,9-11H2,1-2H3,(H3,18,19,20). The summed E-state index contributed by atoms with van der Waals surface area (Å²) >= 11 is 0. The van der Waals surface area contributed by atoms with E-state index in [1.165, 1.54) is 24.8 Å². The fourth-order valence-electron chi connectivity index (χ4n) is 2.69. The van der Waals surface area contributed by atoms with Gasteiger partial charge in [0.1, 0.15) is 0 Å². The Labute approximate surface area is 131 Å². The van der Waals surface area contributed by atoms with E-state index in [2.05, 4.69) is 30.2 Å². The van der Waals surface area contributed by atoms with Crippen molar-refractivity contribution in [3.63, 3.8) is 0 Å². The number of benzene rings is 1. The van der Waals surface area contributed by atoms with Crippen LogP contribution in [0.1, 0.15) is 38.7 Å². The highest BCUT2D eigenvalue weighted by Crippen LogP contribution is 2.36. The van der Waals surface area contributed by atoms with E-state index in [0.717, 1.165) is 24.0 Å². The van der Waals surface area contributed by atoms with Gasteiger partial charge >= 0.3 is 0 Å². The predicted octanol–water partition coefficient (Wildman–Crippen LogP) is 2.40. The summed E-state index contributed by atoms with van der Waals surface area (Å²) in [6, 6.07) is 6.07. The van der Waals surface area contributed by atoms with Gasteiger partial charge in [-0.2, -0.15) is 0 Å². The largest absolute Gasteiger partial charge is 0.454 e. The summed E-state index contributed by atoms with van der Waals surface area (Å²) in [6.45, 7) is 6.20. The molecule has 1 aromatic carbocycles. The molecule has 5 heteroatoms. The molecule has 3 N–H and O–H groups in total. The van der Waals surface area contributed by atoms with E-state index in [1.54, 1.807) is 0 Å². The second-order valence-corrected chi connectivity index (χ2v) is 6.83. The molecule has 0 spiro atoms. The molecule has 1 aliphatic carbocycles. The summed E-state index contributed by atoms with van der Waals surface area (Å²) in [6.07, 6.45) is 3.96. The third-order valence-corrected chi connectivity index (χ3v) is 4.60. The van der Waals surface area contributed by atoms with Crippen LogP contribution in [0.5, 0.6) is 11.5 Å². The molecule has 120 valence electrons. The van der Waals surface area contributed by atoms with Crippen molar-refractivity contribution in [2.45, 2.75) is 38.5 Å². The topological polar surface area (TPSA) is 68.9 Å². The third-order valence-electron chi connectivity index (χ3n) is 4.60. The number of rotatable bonds is 5. The van der Waals surface area contributed by atoms with Crippen molar-refractivity contribution in [1.29, 1.82) is 0 Å². The van der Waals surface area contributed by atoms with Gasteiger partial charge in [-0.1, -0.05) is 26.3 Å². The Kier molecular flexibility index (Phi) is 4.14. The minimum atomic E-state index is -0.107. The molecule has 0 aromatic heterocycles. The number of nitrogens with two attached hydrogens (primary N) is 1. The summed E-state index contributed by atoms with van der Waals surface area (Å²) in [7, 11) is 0. The van der Waals surface area contributed by atoms with E-state index in [0.29, 0.717) is 19.3 Å². The molecule has 0 saturated heterocycles. The Hall–Kier alpha value is -1.91. The molecule has 0 atom stereocenters. The van der Waals surface area contributed by atoms with Crippen LogP contribution in [0.4, 0.5) is 0 Å². The molecule has 1 aromatic rings. The number of nitrogens with one attached hydrogen (secondary N) is 1. The van der Waals surface area contributed by atoms with Gasteiger partial charge in [-0.05, 0) is 36.5 Å². The minimum Gasteiger partial charge on any atom is -0.454 e. The van der Waals surface area contributed by atoms with Crippen molar-refractivity contribution in [3.05, 3.63) is 23.8 Å². The van der Waals surface area contributed by atoms with Crippen molar-refractivity contribution in [2.24, 2.45) is 16.6 Å². The zero-order valence-corrected chi connectivity index (χ0v) is 13.4. The van der Waals surface area contributed by atoms with Crippen molar-refractivity contribution >= 4 is 5.96 Å². The molecule has 2 aliphatic rings. The van der Waals surface area contributed by atoms with Crippen LogP contribution in [0, 0.1) is 5.92 Å². The lowest BCUT2D eigenvalue weighted by Gasteiger charge is -2.26. The number of nitrogens with zero attached hydrogens (tertiary/aromatic N) is 1. The maximum atomic E-state index is 5.97. The lowest BCUT2D eigenvalue weighted by atomic mass is 9.84. The lowest BCUT2D eigenvalue weighted by molar-refractivity contribution is 0.174. The highest BCUT2D eigenvalue weighted by molar-refractivity contribution is 5.77. The Morgan fingerprint density at radius 1 is 1.32 bits per heavy atom. The Bertz CT molecular complexity index is 565. The van der Waals surface area contributed by atoms with Crippen molar-refractivity contribution in [1.82, 2.24) is 5.32 Å². The molecule has 22 heavy (non-hydrogen) atoms. The molecule has 5 nitrogen and oxygen atoms in total. The summed E-state index contributed by atoms with van der Waals surface area (Å²) in [4.78, 5) is 4.51. The van der Waals surface area contributed by atoms with Crippen LogP contribution in [0.15, 0.2) is 23.2 Å². The van der Waals surface area contributed by atoms with Crippen LogP contribution < -0.4 is 20.5 Å². The highest BCUT2D eigenvalue weighted by atomic mass is 16.7. The number of fused-ring (bicyclic) bond motifs is 1. The summed E-state index contributed by atoms with van der Waals surface area (Å²) in [5.74, 6) is 2.94. The van der Waals surface area contributed by atoms with Gasteiger partial charge in [-0.25, -0.2) is 0 Å². The van der Waals surface area contributed by atoms with Gasteiger partial charge in [0.15, 0.2) is 17.5 Å². The van der Waals surface area contributed by atoms with E-state index >= 15 is 0 Å². The van der Waals surface area contributed by atoms with Gasteiger partial charge in [0.2, 0.25) is 6.79 Å². The van der Waals surface area contributed by atoms with Crippen molar-refractivity contribution < 1.29 is 9.47 Å². The first-order valence-electron chi connectivity index (χ1n) is 7.98. The number of ether oxygens (including phenoxy) is 2. The number of guanidine groups is 1. The molecule has 1 heterocycles. The maximum Gasteiger partial charge on any atom is 0.231 e. The minimum absolute atomic E-state index is 0.107. The second kappa shape index (κ2) is 6.07. The van der Waals surface area contributed by atoms with Crippen LogP contribution in [0.2, 0.25) is 0 Å². The van der Waals surface area contributed by atoms with E-state index in [4.69, 9.17) is 15.2 Å². The first-order chi connectivity index (χ1) is 10.5. The van der Waals surface area contributed by atoms with Crippen LogP contribution in [-0.2, 0) is 5.41 Å². The number of hydrogen-bond acceptors (Lipinski definition) is 3. The molecule has 0 radical (unpaired) electrons. The van der Waals surface area contributed by atoms with Crippen LogP contribution in [-0.4, -0.2) is 25.8 Å². The van der Waals surface area contributed by atoms with E-state index < -0.39 is 0 Å². The first kappa shape index (κ1) is 15.0. The van der Waals surface area contributed by atoms with Crippen molar-refractivity contribution in [2.75, 3.05) is 19.9 Å². The maximum absolute atomic E-state index is 5.97. The van der Waals surface area contributed by atoms with Gasteiger partial charge in [-0.15, -0.1) is 0 Å². The van der Waals surface area contributed by atoms with Gasteiger partial charge in [0.05, 0.1) is 6.54 Å². The molecule has 0 bridgehead atoms. The summed E-state index contributed by atoms with van der Waals surface area (Å²) in [5, 5.41) is 3.23. The average molecular weight is 303 g/mol. The van der Waals surface area contributed by atoms with Gasteiger partial charge in [0, 0.05) is 12.0 Å². The van der Waals surface area contributed by atoms with Gasteiger partial charge in [-0.3, -0.25) is 4.99 Å². The average Bonchev–Trinajstić information content (AvgIpc) is 2.91. The molecule has 1 fully saturated rings. The predicted molar refractivity (Wildman–Crippen MR) is 87.4 cm³/mol. The zero-order chi connectivity index (χ0) is 15.6. The molecule has 1 aliphatic heterocycles. The Morgan fingerprint density at radius 3 is 2.82 bits per heavy atom. The molecule has 0 amide bonds. The molecular weight excluding hydrogens is 278 g/mol. The zero-order valence-electron chi connectivity index (χ0n) is 13.4. The monoisotopic (exact) mass is 303 g/mol. The highest BCUT2D eigenvalue weighted by Gasteiger charge is 2.24. The number of aliphatic imine (C=N–C) groups is 1. The van der Waals surface area contributed by atoms with Crippen LogP contribution in [0.3, 0.4) is 0 Å². The molecular formula is C17H25N3O2. The molecule has 1 saturated carbocycles. The molecule has 3 rings (SSSR count). The number of hydrogen-bond donors (Lipinski definition) is 2. The molecule has 0 unspecified atom stereocenters. The Balaban J connectivity index is 1.59. The van der Waals surface area contributed by atoms with Crippen LogP contribution >= 0.6 is 0 Å². The first-order valence-corrected chi connectivity index (χ1v) is 7.98. The third kappa shape index (κ3) is 3.29. The quantitative estimate of drug-likeness (QED) is 0.647. The van der Waals surface area contributed by atoms with Crippen LogP contribution in [0.25, 0.3) is 0 Å². The summed E-state index contributed by atoms with van der Waals surface area (Å²) < 4.78 is 10.8. The lowest BCUT2D eigenvalue weighted by Crippen LogP contribution is -2.38. The second-order valence-electron chi connectivity index (χ2n) is 6.83.